The molecule has 4 aromatic rings. The molecule has 0 aromatic heterocycles. The largest absolute Gasteiger partial charge is 0.493 e. The van der Waals surface area contributed by atoms with E-state index in [1.807, 2.05) is 0 Å². The number of fused-ring (bicyclic) bond motifs is 1. The van der Waals surface area contributed by atoms with E-state index in [0.717, 1.165) is 68.4 Å². The summed E-state index contributed by atoms with van der Waals surface area (Å²) in [5, 5.41) is 3.87. The van der Waals surface area contributed by atoms with Gasteiger partial charge in [-0.2, -0.15) is 0 Å². The number of aryl methyl sites for hydroxylation is 1. The van der Waals surface area contributed by atoms with Gasteiger partial charge >= 0.3 is 0 Å². The van der Waals surface area contributed by atoms with Crippen LogP contribution in [0.1, 0.15) is 79.2 Å². The molecule has 49 heavy (non-hydrogen) atoms. The second-order valence-electron chi connectivity index (χ2n) is 13.4. The van der Waals surface area contributed by atoms with Gasteiger partial charge in [0.2, 0.25) is 0 Å². The summed E-state index contributed by atoms with van der Waals surface area (Å²) in [5.74, 6) is 1.39. The lowest BCUT2D eigenvalue weighted by molar-refractivity contribution is -0.119. The van der Waals surface area contributed by atoms with E-state index in [9.17, 15) is 9.18 Å². The molecule has 260 valence electrons. The van der Waals surface area contributed by atoms with Crippen LogP contribution in [0.3, 0.4) is 0 Å². The minimum absolute atomic E-state index is 0.222. The van der Waals surface area contributed by atoms with Crippen LogP contribution in [0.5, 0.6) is 11.5 Å². The summed E-state index contributed by atoms with van der Waals surface area (Å²) in [6.07, 6.45) is 7.17. The van der Waals surface area contributed by atoms with E-state index >= 15 is 0 Å². The topological polar surface area (TPSA) is 99.6 Å². The van der Waals surface area contributed by atoms with Crippen LogP contribution in [-0.2, 0) is 28.6 Å². The van der Waals surface area contributed by atoms with Crippen molar-refractivity contribution in [2.75, 3.05) is 27.3 Å². The van der Waals surface area contributed by atoms with Gasteiger partial charge in [0.25, 0.3) is 0 Å². The van der Waals surface area contributed by atoms with Crippen molar-refractivity contribution in [1.82, 2.24) is 5.32 Å². The number of nitrogens with two attached hydrogens (primary N) is 2. The second-order valence-corrected chi connectivity index (χ2v) is 13.4. The summed E-state index contributed by atoms with van der Waals surface area (Å²) in [5.41, 5.74) is 18.5. The van der Waals surface area contributed by atoms with Gasteiger partial charge in [0, 0.05) is 30.8 Å². The van der Waals surface area contributed by atoms with Gasteiger partial charge in [-0.1, -0.05) is 72.8 Å². The lowest BCUT2D eigenvalue weighted by Gasteiger charge is -2.46. The Labute approximate surface area is 291 Å². The maximum atomic E-state index is 13.4. The van der Waals surface area contributed by atoms with Crippen LogP contribution in [0.25, 0.3) is 0 Å². The normalized spacial score (nSPS) is 16.5. The zero-order chi connectivity index (χ0) is 34.7. The lowest BCUT2D eigenvalue weighted by Crippen LogP contribution is -2.59. The number of nitrogens with one attached hydrogen (secondary N) is 1. The fraction of sp³-hybridized carbons (Fsp3) is 0.405. The van der Waals surface area contributed by atoms with E-state index in [4.69, 9.17) is 20.9 Å². The molecule has 0 radical (unpaired) electrons. The fourth-order valence-electron chi connectivity index (χ4n) is 7.86. The zero-order valence-electron chi connectivity index (χ0n) is 29.1. The maximum absolute atomic E-state index is 13.4. The van der Waals surface area contributed by atoms with Gasteiger partial charge in [0.1, 0.15) is 11.6 Å². The predicted octanol–water partition coefficient (Wildman–Crippen LogP) is 7.39. The molecule has 5 rings (SSSR count). The highest BCUT2D eigenvalue weighted by Crippen LogP contribution is 2.46. The molecule has 0 saturated heterocycles. The van der Waals surface area contributed by atoms with E-state index < -0.39 is 5.54 Å². The Hall–Kier alpha value is -4.04. The van der Waals surface area contributed by atoms with Crippen LogP contribution >= 0.6 is 0 Å². The summed E-state index contributed by atoms with van der Waals surface area (Å²) >= 11 is 0. The first-order chi connectivity index (χ1) is 23.8. The SMILES string of the molecule is COc1cc2c(cc1OC)C(CCCN)(C(N)CCC(CCCC(=O)CCc1ccc(F)cc1)(c1ccccc1)c1ccccc1)NCC2. The molecule has 0 aliphatic carbocycles. The summed E-state index contributed by atoms with van der Waals surface area (Å²) < 4.78 is 24.8. The number of carbonyl (C=O) groups excluding carboxylic acids is 1. The molecule has 0 amide bonds. The number of ketones is 1. The maximum Gasteiger partial charge on any atom is 0.161 e. The molecule has 2 atom stereocenters. The molecule has 1 aliphatic heterocycles. The fourth-order valence-corrected chi connectivity index (χ4v) is 7.86. The Bertz CT molecular complexity index is 1590. The summed E-state index contributed by atoms with van der Waals surface area (Å²) in [4.78, 5) is 13.1. The smallest absolute Gasteiger partial charge is 0.161 e. The third kappa shape index (κ3) is 8.41. The quantitative estimate of drug-likeness (QED) is 0.103. The average Bonchev–Trinajstić information content (AvgIpc) is 3.15. The number of benzene rings is 4. The molecular weight excluding hydrogens is 613 g/mol. The van der Waals surface area contributed by atoms with Gasteiger partial charge in [-0.25, -0.2) is 4.39 Å². The number of hydrogen-bond donors (Lipinski definition) is 3. The van der Waals surface area contributed by atoms with Crippen LogP contribution in [0.15, 0.2) is 97.1 Å². The Balaban J connectivity index is 1.43. The number of hydrogen-bond acceptors (Lipinski definition) is 6. The standard InChI is InChI=1S/C42H52FN3O3/c1-48-38-29-32-23-28-46-42(25-10-27-44,37(32)30-39(38)49-2)40(45)22-26-41(33-11-5-3-6-12-33,34-13-7-4-8-14-34)24-9-15-36(47)21-18-31-16-19-35(43)20-17-31/h3-8,11-14,16-17,19-20,29-30,40,46H,9-10,15,18,21-28,44-45H2,1-2H3. The third-order valence-corrected chi connectivity index (χ3v) is 10.5. The number of ether oxygens (including phenoxy) is 2. The van der Waals surface area contributed by atoms with Gasteiger partial charge in [0.05, 0.1) is 19.8 Å². The molecule has 0 saturated carbocycles. The highest BCUT2D eigenvalue weighted by molar-refractivity contribution is 5.78. The number of halogens is 1. The van der Waals surface area contributed by atoms with Gasteiger partial charge in [-0.15, -0.1) is 0 Å². The number of rotatable bonds is 18. The lowest BCUT2D eigenvalue weighted by atomic mass is 9.65. The molecule has 2 unspecified atom stereocenters. The molecule has 0 spiro atoms. The Morgan fingerprint density at radius 3 is 2.12 bits per heavy atom. The minimum Gasteiger partial charge on any atom is -0.493 e. The van der Waals surface area contributed by atoms with Gasteiger partial charge in [-0.3, -0.25) is 4.79 Å². The van der Waals surface area contributed by atoms with Crippen LogP contribution in [-0.4, -0.2) is 39.1 Å². The molecule has 0 fully saturated rings. The van der Waals surface area contributed by atoms with Crippen molar-refractivity contribution in [2.24, 2.45) is 11.5 Å². The first-order valence-electron chi connectivity index (χ1n) is 17.7. The summed E-state index contributed by atoms with van der Waals surface area (Å²) in [7, 11) is 3.34. The first-order valence-corrected chi connectivity index (χ1v) is 17.7. The van der Waals surface area contributed by atoms with Crippen molar-refractivity contribution in [3.63, 3.8) is 0 Å². The predicted molar refractivity (Wildman–Crippen MR) is 196 cm³/mol. The highest BCUT2D eigenvalue weighted by atomic mass is 19.1. The summed E-state index contributed by atoms with van der Waals surface area (Å²) in [6, 6.07) is 31.8. The number of Topliss-reactive ketones (excluding diaryl/α,β-unsaturated/α-hetero) is 1. The summed E-state index contributed by atoms with van der Waals surface area (Å²) in [6.45, 7) is 1.38. The van der Waals surface area contributed by atoms with E-state index in [0.29, 0.717) is 31.6 Å². The molecule has 1 heterocycles. The van der Waals surface area contributed by atoms with E-state index in [1.54, 1.807) is 26.4 Å². The Morgan fingerprint density at radius 1 is 0.878 bits per heavy atom. The zero-order valence-corrected chi connectivity index (χ0v) is 29.1. The molecular formula is C42H52FN3O3. The van der Waals surface area contributed by atoms with Gasteiger partial charge < -0.3 is 26.3 Å². The monoisotopic (exact) mass is 665 g/mol. The molecule has 4 aromatic carbocycles. The Morgan fingerprint density at radius 2 is 1.51 bits per heavy atom. The molecule has 0 bridgehead atoms. The number of carbonyl (C=O) groups is 1. The first kappa shape index (κ1) is 36.2. The second kappa shape index (κ2) is 17.1. The van der Waals surface area contributed by atoms with Crippen LogP contribution in [0.4, 0.5) is 4.39 Å². The molecule has 6 nitrogen and oxygen atoms in total. The third-order valence-electron chi connectivity index (χ3n) is 10.5. The van der Waals surface area contributed by atoms with Crippen LogP contribution in [0.2, 0.25) is 0 Å². The van der Waals surface area contributed by atoms with Gasteiger partial charge in [0.15, 0.2) is 11.5 Å². The van der Waals surface area contributed by atoms with Crippen molar-refractivity contribution in [3.05, 3.63) is 131 Å². The average molecular weight is 666 g/mol. The van der Waals surface area contributed by atoms with Crippen LogP contribution < -0.4 is 26.3 Å². The van der Waals surface area contributed by atoms with E-state index in [1.165, 1.54) is 28.8 Å². The van der Waals surface area contributed by atoms with Crippen molar-refractivity contribution in [2.45, 2.75) is 81.2 Å². The van der Waals surface area contributed by atoms with E-state index in [2.05, 4.69) is 78.1 Å². The van der Waals surface area contributed by atoms with Crippen molar-refractivity contribution in [1.29, 1.82) is 0 Å². The minimum atomic E-state index is -0.484. The molecule has 1 aliphatic rings. The van der Waals surface area contributed by atoms with Crippen molar-refractivity contribution in [3.8, 4) is 11.5 Å². The van der Waals surface area contributed by atoms with Crippen LogP contribution in [0, 0.1) is 5.82 Å². The van der Waals surface area contributed by atoms with Crippen molar-refractivity contribution >= 4 is 5.78 Å². The van der Waals surface area contributed by atoms with Crippen molar-refractivity contribution < 1.29 is 18.7 Å². The molecule has 7 heteroatoms. The molecule has 5 N–H and O–H groups in total. The highest BCUT2D eigenvalue weighted by Gasteiger charge is 2.43. The Kier molecular flexibility index (Phi) is 12.6. The van der Waals surface area contributed by atoms with Gasteiger partial charge in [-0.05, 0) is 110 Å². The van der Waals surface area contributed by atoms with E-state index in [-0.39, 0.29) is 23.1 Å². The number of methoxy groups -OCH3 is 2.